The van der Waals surface area contributed by atoms with Crippen molar-refractivity contribution in [2.75, 3.05) is 0 Å². The lowest BCUT2D eigenvalue weighted by Crippen LogP contribution is -2.07. The Hall–Kier alpha value is -2.00. The number of benzene rings is 1. The Bertz CT molecular complexity index is 822. The molecule has 1 aromatic heterocycles. The normalized spacial score (nSPS) is 15.8. The number of rotatable bonds is 2. The van der Waals surface area contributed by atoms with E-state index in [9.17, 15) is 5.26 Å². The second-order valence-corrected chi connectivity index (χ2v) is 5.96. The molecule has 1 aromatic carbocycles. The number of allylic oxidation sites excluding steroid dienone is 1. The lowest BCUT2D eigenvalue weighted by Gasteiger charge is -2.07. The Morgan fingerprint density at radius 1 is 1.18 bits per heavy atom. The first kappa shape index (κ1) is 14.9. The molecule has 3 rings (SSSR count). The van der Waals surface area contributed by atoms with Crippen LogP contribution < -0.4 is 5.32 Å². The van der Waals surface area contributed by atoms with E-state index in [1.807, 2.05) is 29.7 Å². The van der Waals surface area contributed by atoms with Crippen molar-refractivity contribution >= 4 is 46.2 Å². The van der Waals surface area contributed by atoms with Gasteiger partial charge in [0.2, 0.25) is 5.28 Å². The molecule has 0 atom stereocenters. The number of aromatic nitrogens is 2. The van der Waals surface area contributed by atoms with E-state index in [4.69, 9.17) is 23.2 Å². The van der Waals surface area contributed by atoms with Crippen LogP contribution in [0.25, 0.3) is 11.3 Å². The van der Waals surface area contributed by atoms with Gasteiger partial charge in [-0.2, -0.15) is 5.26 Å². The van der Waals surface area contributed by atoms with Gasteiger partial charge in [0, 0.05) is 16.6 Å². The Kier molecular flexibility index (Phi) is 4.34. The van der Waals surface area contributed by atoms with Gasteiger partial charge in [-0.25, -0.2) is 9.97 Å². The van der Waals surface area contributed by atoms with Crippen LogP contribution in [0.5, 0.6) is 0 Å². The summed E-state index contributed by atoms with van der Waals surface area (Å²) >= 11 is 13.1. The van der Waals surface area contributed by atoms with Crippen molar-refractivity contribution in [3.05, 3.63) is 68.5 Å². The van der Waals surface area contributed by atoms with Crippen LogP contribution in [0.3, 0.4) is 0 Å². The molecule has 22 heavy (non-hydrogen) atoms. The van der Waals surface area contributed by atoms with Crippen LogP contribution in [0.1, 0.15) is 11.3 Å². The van der Waals surface area contributed by atoms with Crippen molar-refractivity contribution in [2.24, 2.45) is 0 Å². The van der Waals surface area contributed by atoms with E-state index in [1.165, 1.54) is 18.0 Å². The van der Waals surface area contributed by atoms with Gasteiger partial charge in [0.1, 0.15) is 11.6 Å². The average Bonchev–Trinajstić information content (AvgIpc) is 2.98. The Morgan fingerprint density at radius 2 is 1.95 bits per heavy atom. The monoisotopic (exact) mass is 346 g/mol. The highest BCUT2D eigenvalue weighted by atomic mass is 35.5. The molecule has 0 spiro atoms. The van der Waals surface area contributed by atoms with Gasteiger partial charge in [-0.05, 0) is 35.4 Å². The Balaban J connectivity index is 1.91. The van der Waals surface area contributed by atoms with Crippen molar-refractivity contribution in [1.29, 1.82) is 5.26 Å². The van der Waals surface area contributed by atoms with Gasteiger partial charge < -0.3 is 5.32 Å². The number of halogens is 2. The molecular formula is C15H8Cl2N4S. The van der Waals surface area contributed by atoms with Gasteiger partial charge in [-0.15, -0.1) is 0 Å². The Labute approximate surface area is 141 Å². The van der Waals surface area contributed by atoms with Gasteiger partial charge in [-0.3, -0.25) is 0 Å². The molecule has 0 saturated carbocycles. The van der Waals surface area contributed by atoms with Crippen molar-refractivity contribution in [1.82, 2.24) is 15.3 Å². The zero-order valence-electron chi connectivity index (χ0n) is 11.0. The number of nitriles is 1. The fourth-order valence-corrected chi connectivity index (χ4v) is 3.03. The molecule has 0 fully saturated rings. The lowest BCUT2D eigenvalue weighted by atomic mass is 10.1. The molecule has 4 nitrogen and oxygen atoms in total. The highest BCUT2D eigenvalue weighted by Gasteiger charge is 2.18. The predicted octanol–water partition coefficient (Wildman–Crippen LogP) is 4.31. The number of hydrogen-bond donors (Lipinski definition) is 1. The number of hydrogen-bond acceptors (Lipinski definition) is 5. The SMILES string of the molecule is N#C/C(=C1\NC(c2ccc(Cl)cc2)=CS1)c1ccnc(Cl)n1. The van der Waals surface area contributed by atoms with E-state index < -0.39 is 0 Å². The van der Waals surface area contributed by atoms with Crippen LogP contribution in [0.2, 0.25) is 10.3 Å². The van der Waals surface area contributed by atoms with E-state index in [-0.39, 0.29) is 5.28 Å². The highest BCUT2D eigenvalue weighted by Crippen LogP contribution is 2.34. The lowest BCUT2D eigenvalue weighted by molar-refractivity contribution is 1.13. The van der Waals surface area contributed by atoms with Gasteiger partial charge >= 0.3 is 0 Å². The van der Waals surface area contributed by atoms with Crippen LogP contribution in [-0.2, 0) is 0 Å². The van der Waals surface area contributed by atoms with Crippen molar-refractivity contribution in [2.45, 2.75) is 0 Å². The van der Waals surface area contributed by atoms with Crippen molar-refractivity contribution in [3.8, 4) is 6.07 Å². The molecule has 1 N–H and O–H groups in total. The molecule has 0 aliphatic carbocycles. The zero-order valence-corrected chi connectivity index (χ0v) is 13.4. The maximum Gasteiger partial charge on any atom is 0.222 e. The second kappa shape index (κ2) is 6.41. The van der Waals surface area contributed by atoms with Gasteiger partial charge in [0.05, 0.1) is 16.4 Å². The van der Waals surface area contributed by atoms with Gasteiger partial charge in [0.25, 0.3) is 0 Å². The van der Waals surface area contributed by atoms with Crippen LogP contribution in [0.4, 0.5) is 0 Å². The maximum absolute atomic E-state index is 9.42. The van der Waals surface area contributed by atoms with Crippen LogP contribution in [-0.4, -0.2) is 9.97 Å². The molecule has 0 radical (unpaired) electrons. The summed E-state index contributed by atoms with van der Waals surface area (Å²) in [7, 11) is 0. The molecule has 7 heteroatoms. The largest absolute Gasteiger partial charge is 0.348 e. The highest BCUT2D eigenvalue weighted by molar-refractivity contribution is 8.06. The summed E-state index contributed by atoms with van der Waals surface area (Å²) < 4.78 is 0. The summed E-state index contributed by atoms with van der Waals surface area (Å²) in [6.07, 6.45) is 1.52. The molecule has 0 saturated heterocycles. The zero-order chi connectivity index (χ0) is 15.5. The molecule has 1 aliphatic rings. The summed E-state index contributed by atoms with van der Waals surface area (Å²) in [5.41, 5.74) is 2.81. The summed E-state index contributed by atoms with van der Waals surface area (Å²) in [5, 5.41) is 16.1. The van der Waals surface area contributed by atoms with E-state index in [0.717, 1.165) is 11.3 Å². The fourth-order valence-electron chi connectivity index (χ4n) is 1.89. The summed E-state index contributed by atoms with van der Waals surface area (Å²) in [6, 6.07) is 11.3. The Morgan fingerprint density at radius 3 is 2.64 bits per heavy atom. The van der Waals surface area contributed by atoms with Gasteiger partial charge in [0.15, 0.2) is 0 Å². The van der Waals surface area contributed by atoms with Crippen LogP contribution in [0, 0.1) is 11.3 Å². The van der Waals surface area contributed by atoms with Crippen LogP contribution >= 0.6 is 35.0 Å². The topological polar surface area (TPSA) is 61.6 Å². The molecule has 1 aliphatic heterocycles. The fraction of sp³-hybridized carbons (Fsp3) is 0. The van der Waals surface area contributed by atoms with E-state index in [2.05, 4.69) is 21.4 Å². The van der Waals surface area contributed by atoms with Gasteiger partial charge in [-0.1, -0.05) is 35.5 Å². The smallest absolute Gasteiger partial charge is 0.222 e. The summed E-state index contributed by atoms with van der Waals surface area (Å²) in [5.74, 6) is 0. The third kappa shape index (κ3) is 3.09. The number of nitrogens with zero attached hydrogens (tertiary/aromatic N) is 3. The quantitative estimate of drug-likeness (QED) is 0.648. The first-order valence-corrected chi connectivity index (χ1v) is 7.84. The molecular weight excluding hydrogens is 339 g/mol. The predicted molar refractivity (Wildman–Crippen MR) is 89.7 cm³/mol. The third-order valence-corrected chi connectivity index (χ3v) is 4.25. The molecule has 2 aromatic rings. The minimum absolute atomic E-state index is 0.111. The minimum atomic E-state index is 0.111. The van der Waals surface area contributed by atoms with Crippen LogP contribution in [0.15, 0.2) is 47.0 Å². The van der Waals surface area contributed by atoms with E-state index in [0.29, 0.717) is 21.3 Å². The minimum Gasteiger partial charge on any atom is -0.348 e. The van der Waals surface area contributed by atoms with E-state index in [1.54, 1.807) is 6.07 Å². The van der Waals surface area contributed by atoms with Crippen molar-refractivity contribution in [3.63, 3.8) is 0 Å². The number of nitrogens with one attached hydrogen (secondary N) is 1. The first-order chi connectivity index (χ1) is 10.7. The van der Waals surface area contributed by atoms with Crippen molar-refractivity contribution < 1.29 is 0 Å². The molecule has 0 unspecified atom stereocenters. The molecule has 2 heterocycles. The number of thioether (sulfide) groups is 1. The molecule has 0 bridgehead atoms. The summed E-state index contributed by atoms with van der Waals surface area (Å²) in [6.45, 7) is 0. The second-order valence-electron chi connectivity index (χ2n) is 4.31. The first-order valence-electron chi connectivity index (χ1n) is 6.20. The van der Waals surface area contributed by atoms with E-state index >= 15 is 0 Å². The molecule has 108 valence electrons. The molecule has 0 amide bonds. The third-order valence-electron chi connectivity index (χ3n) is 2.92. The summed E-state index contributed by atoms with van der Waals surface area (Å²) in [4.78, 5) is 7.90. The average molecular weight is 347 g/mol. The standard InChI is InChI=1S/C15H8Cl2N4S/c16-10-3-1-9(2-4-10)13-8-22-14(20-13)11(7-18)12-5-6-19-15(17)21-12/h1-6,8,20H/b14-11-. The maximum atomic E-state index is 9.42.